The van der Waals surface area contributed by atoms with Crippen LogP contribution in [0.3, 0.4) is 0 Å². The Kier molecular flexibility index (Phi) is 5.15. The van der Waals surface area contributed by atoms with Gasteiger partial charge < -0.3 is 10.2 Å². The number of thiophene rings is 1. The molecule has 0 saturated carbocycles. The van der Waals surface area contributed by atoms with Crippen molar-refractivity contribution >= 4 is 40.4 Å². The summed E-state index contributed by atoms with van der Waals surface area (Å²) in [4.78, 5) is 20.2. The number of hydroxylamine groups is 1. The predicted octanol–water partition coefficient (Wildman–Crippen LogP) is 3.11. The SMILES string of the molecule is N=C(c1ccc(C2=CC(CNC(=O)c3ccc(Cl)s3)ON2)cc1)N1CCC1. The first kappa shape index (κ1) is 18.0. The van der Waals surface area contributed by atoms with Crippen LogP contribution in [0.5, 0.6) is 0 Å². The Hall–Kier alpha value is -2.35. The van der Waals surface area contributed by atoms with Gasteiger partial charge in [-0.2, -0.15) is 0 Å². The fourth-order valence-electron chi connectivity index (χ4n) is 2.90. The van der Waals surface area contributed by atoms with Gasteiger partial charge in [-0.05, 0) is 30.2 Å². The fourth-order valence-corrected chi connectivity index (χ4v) is 3.86. The van der Waals surface area contributed by atoms with Crippen molar-refractivity contribution in [1.29, 1.82) is 5.41 Å². The molecular formula is C19H19ClN4O2S. The van der Waals surface area contributed by atoms with E-state index in [1.54, 1.807) is 12.1 Å². The van der Waals surface area contributed by atoms with Crippen LogP contribution in [0.25, 0.3) is 5.70 Å². The number of hydrogen-bond acceptors (Lipinski definition) is 5. The van der Waals surface area contributed by atoms with Crippen LogP contribution in [0.15, 0.2) is 42.5 Å². The Morgan fingerprint density at radius 1 is 1.30 bits per heavy atom. The summed E-state index contributed by atoms with van der Waals surface area (Å²) in [6, 6.07) is 11.3. The van der Waals surface area contributed by atoms with Crippen LogP contribution in [0.2, 0.25) is 4.34 Å². The molecule has 3 heterocycles. The topological polar surface area (TPSA) is 77.5 Å². The van der Waals surface area contributed by atoms with Gasteiger partial charge in [0, 0.05) is 18.7 Å². The minimum Gasteiger partial charge on any atom is -0.356 e. The third-order valence-corrected chi connectivity index (χ3v) is 5.81. The van der Waals surface area contributed by atoms with Crippen molar-refractivity contribution in [2.24, 2.45) is 0 Å². The number of carbonyl (C=O) groups excluding carboxylic acids is 1. The first-order valence-corrected chi connectivity index (χ1v) is 9.91. The van der Waals surface area contributed by atoms with Gasteiger partial charge in [-0.3, -0.25) is 20.5 Å². The quantitative estimate of drug-likeness (QED) is 0.530. The van der Waals surface area contributed by atoms with Crippen molar-refractivity contribution in [3.8, 4) is 0 Å². The number of rotatable bonds is 5. The highest BCUT2D eigenvalue weighted by Crippen LogP contribution is 2.22. The van der Waals surface area contributed by atoms with Crippen LogP contribution in [-0.2, 0) is 4.84 Å². The molecule has 1 atom stereocenters. The van der Waals surface area contributed by atoms with Gasteiger partial charge in [0.15, 0.2) is 0 Å². The molecule has 0 spiro atoms. The minimum atomic E-state index is -0.251. The first-order valence-electron chi connectivity index (χ1n) is 8.71. The maximum Gasteiger partial charge on any atom is 0.261 e. The van der Waals surface area contributed by atoms with Gasteiger partial charge in [0.2, 0.25) is 0 Å². The van der Waals surface area contributed by atoms with Gasteiger partial charge >= 0.3 is 0 Å². The highest BCUT2D eigenvalue weighted by atomic mass is 35.5. The molecule has 1 fully saturated rings. The minimum absolute atomic E-state index is 0.161. The van der Waals surface area contributed by atoms with Crippen molar-refractivity contribution in [3.05, 3.63) is 62.8 Å². The van der Waals surface area contributed by atoms with Crippen LogP contribution >= 0.6 is 22.9 Å². The van der Waals surface area contributed by atoms with Crippen molar-refractivity contribution in [3.63, 3.8) is 0 Å². The molecule has 0 aliphatic carbocycles. The highest BCUT2D eigenvalue weighted by Gasteiger charge is 2.21. The molecule has 27 heavy (non-hydrogen) atoms. The van der Waals surface area contributed by atoms with Gasteiger partial charge in [0.25, 0.3) is 5.91 Å². The molecule has 8 heteroatoms. The van der Waals surface area contributed by atoms with Gasteiger partial charge in [-0.1, -0.05) is 35.9 Å². The van der Waals surface area contributed by atoms with Gasteiger partial charge in [-0.15, -0.1) is 11.3 Å². The lowest BCUT2D eigenvalue weighted by atomic mass is 10.1. The van der Waals surface area contributed by atoms with E-state index < -0.39 is 0 Å². The molecule has 2 aromatic rings. The molecule has 1 aromatic heterocycles. The number of benzene rings is 1. The second-order valence-electron chi connectivity index (χ2n) is 6.42. The Balaban J connectivity index is 1.34. The van der Waals surface area contributed by atoms with E-state index in [1.807, 2.05) is 30.3 Å². The average molecular weight is 403 g/mol. The van der Waals surface area contributed by atoms with Gasteiger partial charge in [-0.25, -0.2) is 0 Å². The molecule has 1 amide bonds. The van der Waals surface area contributed by atoms with Crippen LogP contribution in [0.1, 0.15) is 27.2 Å². The maximum atomic E-state index is 12.1. The van der Waals surface area contributed by atoms with Crippen molar-refractivity contribution in [2.75, 3.05) is 19.6 Å². The molecular weight excluding hydrogens is 384 g/mol. The van der Waals surface area contributed by atoms with Crippen LogP contribution < -0.4 is 10.8 Å². The van der Waals surface area contributed by atoms with E-state index in [2.05, 4.69) is 15.7 Å². The Morgan fingerprint density at radius 3 is 2.70 bits per heavy atom. The number of carbonyl (C=O) groups is 1. The summed E-state index contributed by atoms with van der Waals surface area (Å²) < 4.78 is 0.590. The molecule has 3 N–H and O–H groups in total. The third kappa shape index (κ3) is 4.00. The van der Waals surface area contributed by atoms with Crippen LogP contribution in [-0.4, -0.2) is 42.4 Å². The zero-order valence-electron chi connectivity index (χ0n) is 14.5. The Morgan fingerprint density at radius 2 is 2.07 bits per heavy atom. The molecule has 0 radical (unpaired) electrons. The zero-order chi connectivity index (χ0) is 18.8. The van der Waals surface area contributed by atoms with Crippen molar-refractivity contribution < 1.29 is 9.63 Å². The maximum absolute atomic E-state index is 12.1. The Bertz CT molecular complexity index is 889. The summed E-state index contributed by atoms with van der Waals surface area (Å²) in [5.74, 6) is 0.415. The molecule has 140 valence electrons. The third-order valence-electron chi connectivity index (χ3n) is 4.58. The number of likely N-dealkylation sites (tertiary alicyclic amines) is 1. The monoisotopic (exact) mass is 402 g/mol. The predicted molar refractivity (Wildman–Crippen MR) is 107 cm³/mol. The lowest BCUT2D eigenvalue weighted by Gasteiger charge is -2.33. The van der Waals surface area contributed by atoms with Crippen LogP contribution in [0, 0.1) is 5.41 Å². The first-order chi connectivity index (χ1) is 13.1. The van der Waals surface area contributed by atoms with E-state index in [9.17, 15) is 4.79 Å². The van der Waals surface area contributed by atoms with Gasteiger partial charge in [0.1, 0.15) is 11.9 Å². The van der Waals surface area contributed by atoms with Crippen molar-refractivity contribution in [2.45, 2.75) is 12.5 Å². The molecule has 2 aliphatic rings. The summed E-state index contributed by atoms with van der Waals surface area (Å²) >= 11 is 7.10. The summed E-state index contributed by atoms with van der Waals surface area (Å²) in [5, 5.41) is 11.0. The van der Waals surface area contributed by atoms with E-state index in [-0.39, 0.29) is 12.0 Å². The van der Waals surface area contributed by atoms with E-state index in [4.69, 9.17) is 21.8 Å². The smallest absolute Gasteiger partial charge is 0.261 e. The highest BCUT2D eigenvalue weighted by molar-refractivity contribution is 7.17. The summed E-state index contributed by atoms with van der Waals surface area (Å²) in [6.45, 7) is 2.29. The van der Waals surface area contributed by atoms with Gasteiger partial charge in [0.05, 0.1) is 21.5 Å². The normalized spacial score (nSPS) is 18.5. The van der Waals surface area contributed by atoms with E-state index >= 15 is 0 Å². The lowest BCUT2D eigenvalue weighted by Crippen LogP contribution is -2.42. The van der Waals surface area contributed by atoms with E-state index in [1.165, 1.54) is 11.3 Å². The number of nitrogens with zero attached hydrogens (tertiary/aromatic N) is 1. The fraction of sp³-hybridized carbons (Fsp3) is 0.263. The van der Waals surface area contributed by atoms with Crippen LogP contribution in [0.4, 0.5) is 0 Å². The second-order valence-corrected chi connectivity index (χ2v) is 8.13. The molecule has 4 rings (SSSR count). The molecule has 1 saturated heterocycles. The van der Waals surface area contributed by atoms with E-state index in [0.29, 0.717) is 21.6 Å². The molecule has 1 unspecified atom stereocenters. The van der Waals surface area contributed by atoms with E-state index in [0.717, 1.165) is 36.3 Å². The zero-order valence-corrected chi connectivity index (χ0v) is 16.1. The molecule has 6 nitrogen and oxygen atoms in total. The molecule has 1 aromatic carbocycles. The standard InChI is InChI=1S/C19H19ClN4O2S/c20-17-7-6-16(27-17)19(25)22-11-14-10-15(23-26-14)12-2-4-13(5-3-12)18(21)24-8-1-9-24/h2-7,10,14,21,23H,1,8-9,11H2,(H,22,25). The summed E-state index contributed by atoms with van der Waals surface area (Å²) in [7, 11) is 0. The Labute approximate surface area is 166 Å². The number of amides is 1. The number of nitrogens with one attached hydrogen (secondary N) is 3. The molecule has 2 aliphatic heterocycles. The summed E-state index contributed by atoms with van der Waals surface area (Å²) in [6.07, 6.45) is 2.85. The summed E-state index contributed by atoms with van der Waals surface area (Å²) in [5.41, 5.74) is 5.66. The lowest BCUT2D eigenvalue weighted by molar-refractivity contribution is 0.0499. The number of hydrogen-bond donors (Lipinski definition) is 3. The largest absolute Gasteiger partial charge is 0.356 e. The van der Waals surface area contributed by atoms with Crippen molar-refractivity contribution in [1.82, 2.24) is 15.7 Å². The molecule has 0 bridgehead atoms. The average Bonchev–Trinajstić information content (AvgIpc) is 3.27. The number of halogens is 1. The second kappa shape index (κ2) is 7.72. The number of amidine groups is 1.